The van der Waals surface area contributed by atoms with Crippen molar-refractivity contribution in [3.05, 3.63) is 51.4 Å². The number of aryl methyl sites for hydroxylation is 2. The Morgan fingerprint density at radius 1 is 1.14 bits per heavy atom. The molecular weight excluding hydrogens is 214 g/mol. The number of benzene rings is 1. The molecule has 14 heavy (non-hydrogen) atoms. The third kappa shape index (κ3) is 2.56. The monoisotopic (exact) mass is 223 g/mol. The van der Waals surface area contributed by atoms with Gasteiger partial charge >= 0.3 is 0 Å². The summed E-state index contributed by atoms with van der Waals surface area (Å²) >= 11 is 7.45. The van der Waals surface area contributed by atoms with Crippen LogP contribution < -0.4 is 0 Å². The van der Waals surface area contributed by atoms with E-state index in [1.165, 1.54) is 11.3 Å². The lowest BCUT2D eigenvalue weighted by atomic mass is 10.1. The Bertz CT molecular complexity index is 380. The molecule has 1 aromatic carbocycles. The second-order valence-electron chi connectivity index (χ2n) is 3.11. The lowest BCUT2D eigenvalue weighted by Crippen LogP contribution is -1.90. The molecular formula is C11H10ClNS. The lowest BCUT2D eigenvalue weighted by Gasteiger charge is -1.98. The molecule has 0 saturated carbocycles. The van der Waals surface area contributed by atoms with Crippen LogP contribution in [0.3, 0.4) is 0 Å². The van der Waals surface area contributed by atoms with Crippen LogP contribution in [0, 0.1) is 0 Å². The van der Waals surface area contributed by atoms with Crippen LogP contribution in [0.25, 0.3) is 0 Å². The Hall–Kier alpha value is -0.860. The lowest BCUT2D eigenvalue weighted by molar-refractivity contribution is 0.926. The van der Waals surface area contributed by atoms with Gasteiger partial charge in [-0.05, 0) is 30.5 Å². The summed E-state index contributed by atoms with van der Waals surface area (Å²) in [4.78, 5) is 4.24. The summed E-state index contributed by atoms with van der Waals surface area (Å²) in [5.74, 6) is 0. The number of halogens is 1. The van der Waals surface area contributed by atoms with Crippen LogP contribution >= 0.6 is 22.9 Å². The highest BCUT2D eigenvalue weighted by molar-refractivity contribution is 7.07. The molecule has 0 bridgehead atoms. The first-order valence-electron chi connectivity index (χ1n) is 4.46. The summed E-state index contributed by atoms with van der Waals surface area (Å²) in [6, 6.07) is 7.99. The highest BCUT2D eigenvalue weighted by Gasteiger charge is 1.97. The molecule has 1 aromatic heterocycles. The molecule has 0 amide bonds. The minimum atomic E-state index is 0.794. The third-order valence-electron chi connectivity index (χ3n) is 2.07. The normalized spacial score (nSPS) is 10.4. The van der Waals surface area contributed by atoms with Crippen LogP contribution in [0.2, 0.25) is 5.02 Å². The van der Waals surface area contributed by atoms with E-state index in [-0.39, 0.29) is 0 Å². The van der Waals surface area contributed by atoms with Gasteiger partial charge in [-0.2, -0.15) is 0 Å². The number of nitrogens with zero attached hydrogens (tertiary/aromatic N) is 1. The molecule has 1 nitrogen and oxygen atoms in total. The van der Waals surface area contributed by atoms with E-state index in [1.807, 2.05) is 17.6 Å². The first-order chi connectivity index (χ1) is 6.84. The largest absolute Gasteiger partial charge is 0.250 e. The van der Waals surface area contributed by atoms with Crippen LogP contribution in [-0.2, 0) is 12.8 Å². The molecule has 1 heterocycles. The van der Waals surface area contributed by atoms with E-state index < -0.39 is 0 Å². The van der Waals surface area contributed by atoms with Crippen molar-refractivity contribution in [2.75, 3.05) is 0 Å². The van der Waals surface area contributed by atoms with Gasteiger partial charge in [0, 0.05) is 10.4 Å². The zero-order chi connectivity index (χ0) is 9.80. The van der Waals surface area contributed by atoms with E-state index in [0.717, 1.165) is 17.9 Å². The van der Waals surface area contributed by atoms with Crippen LogP contribution in [0.5, 0.6) is 0 Å². The van der Waals surface area contributed by atoms with Crippen molar-refractivity contribution >= 4 is 22.9 Å². The standard InChI is InChI=1S/C11H10ClNS/c12-10-4-1-9(2-5-10)3-6-11-7-14-8-13-11/h1-2,4-5,7-8H,3,6H2. The molecule has 0 unspecified atom stereocenters. The number of hydrogen-bond donors (Lipinski definition) is 0. The number of thiazole rings is 1. The molecule has 0 N–H and O–H groups in total. The molecule has 3 heteroatoms. The molecule has 72 valence electrons. The maximum absolute atomic E-state index is 5.80. The molecule has 0 aliphatic carbocycles. The van der Waals surface area contributed by atoms with E-state index >= 15 is 0 Å². The fourth-order valence-electron chi connectivity index (χ4n) is 1.28. The van der Waals surface area contributed by atoms with Gasteiger partial charge in [-0.15, -0.1) is 11.3 Å². The van der Waals surface area contributed by atoms with Gasteiger partial charge in [0.2, 0.25) is 0 Å². The van der Waals surface area contributed by atoms with Crippen LogP contribution in [0.4, 0.5) is 0 Å². The molecule has 0 fully saturated rings. The van der Waals surface area contributed by atoms with Gasteiger partial charge in [0.15, 0.2) is 0 Å². The zero-order valence-corrected chi connectivity index (χ0v) is 9.18. The topological polar surface area (TPSA) is 12.9 Å². The van der Waals surface area contributed by atoms with Gasteiger partial charge < -0.3 is 0 Å². The molecule has 2 rings (SSSR count). The maximum Gasteiger partial charge on any atom is 0.0794 e. The van der Waals surface area contributed by atoms with Gasteiger partial charge in [-0.1, -0.05) is 23.7 Å². The SMILES string of the molecule is Clc1ccc(CCc2cscn2)cc1. The van der Waals surface area contributed by atoms with Crippen molar-refractivity contribution in [1.29, 1.82) is 0 Å². The Morgan fingerprint density at radius 2 is 1.93 bits per heavy atom. The Labute approximate surface area is 92.4 Å². The van der Waals surface area contributed by atoms with E-state index in [9.17, 15) is 0 Å². The minimum Gasteiger partial charge on any atom is -0.250 e. The first-order valence-corrected chi connectivity index (χ1v) is 5.78. The number of aromatic nitrogens is 1. The van der Waals surface area contributed by atoms with Crippen molar-refractivity contribution < 1.29 is 0 Å². The zero-order valence-electron chi connectivity index (χ0n) is 7.61. The predicted octanol–water partition coefficient (Wildman–Crippen LogP) is 3.58. The quantitative estimate of drug-likeness (QED) is 0.775. The Morgan fingerprint density at radius 3 is 2.57 bits per heavy atom. The van der Waals surface area contributed by atoms with E-state index in [4.69, 9.17) is 11.6 Å². The summed E-state index contributed by atoms with van der Waals surface area (Å²) in [7, 11) is 0. The third-order valence-corrected chi connectivity index (χ3v) is 2.95. The summed E-state index contributed by atoms with van der Waals surface area (Å²) < 4.78 is 0. The predicted molar refractivity (Wildman–Crippen MR) is 61.0 cm³/mol. The number of rotatable bonds is 3. The molecule has 0 radical (unpaired) electrons. The van der Waals surface area contributed by atoms with Gasteiger partial charge in [0.05, 0.1) is 11.2 Å². The molecule has 0 atom stereocenters. The first kappa shape index (κ1) is 9.69. The maximum atomic E-state index is 5.80. The summed E-state index contributed by atoms with van der Waals surface area (Å²) in [5, 5.41) is 2.89. The molecule has 0 aliphatic rings. The Kier molecular flexibility index (Phi) is 3.17. The van der Waals surface area contributed by atoms with Crippen molar-refractivity contribution in [3.63, 3.8) is 0 Å². The highest BCUT2D eigenvalue weighted by atomic mass is 35.5. The fourth-order valence-corrected chi connectivity index (χ4v) is 2.00. The van der Waals surface area contributed by atoms with Crippen LogP contribution in [0.1, 0.15) is 11.3 Å². The average molecular weight is 224 g/mol. The number of hydrogen-bond acceptors (Lipinski definition) is 2. The smallest absolute Gasteiger partial charge is 0.0794 e. The molecule has 2 aromatic rings. The minimum absolute atomic E-state index is 0.794. The van der Waals surface area contributed by atoms with E-state index in [0.29, 0.717) is 0 Å². The van der Waals surface area contributed by atoms with Crippen molar-refractivity contribution in [2.45, 2.75) is 12.8 Å². The summed E-state index contributed by atoms with van der Waals surface area (Å²) in [6.07, 6.45) is 2.03. The fraction of sp³-hybridized carbons (Fsp3) is 0.182. The second kappa shape index (κ2) is 4.58. The van der Waals surface area contributed by atoms with Gasteiger partial charge in [0.25, 0.3) is 0 Å². The van der Waals surface area contributed by atoms with Crippen molar-refractivity contribution in [1.82, 2.24) is 4.98 Å². The summed E-state index contributed by atoms with van der Waals surface area (Å²) in [6.45, 7) is 0. The molecule has 0 saturated heterocycles. The van der Waals surface area contributed by atoms with E-state index in [1.54, 1.807) is 11.3 Å². The van der Waals surface area contributed by atoms with Crippen molar-refractivity contribution in [2.24, 2.45) is 0 Å². The molecule has 0 spiro atoms. The van der Waals surface area contributed by atoms with Gasteiger partial charge in [-0.3, -0.25) is 0 Å². The highest BCUT2D eigenvalue weighted by Crippen LogP contribution is 2.12. The summed E-state index contributed by atoms with van der Waals surface area (Å²) in [5.41, 5.74) is 4.35. The molecule has 0 aliphatic heterocycles. The second-order valence-corrected chi connectivity index (χ2v) is 4.26. The van der Waals surface area contributed by atoms with Gasteiger partial charge in [0.1, 0.15) is 0 Å². The van der Waals surface area contributed by atoms with Gasteiger partial charge in [-0.25, -0.2) is 4.98 Å². The van der Waals surface area contributed by atoms with E-state index in [2.05, 4.69) is 22.5 Å². The van der Waals surface area contributed by atoms with Crippen LogP contribution in [-0.4, -0.2) is 4.98 Å². The Balaban J connectivity index is 1.95. The van der Waals surface area contributed by atoms with Crippen molar-refractivity contribution in [3.8, 4) is 0 Å². The average Bonchev–Trinajstić information content (AvgIpc) is 2.70. The van der Waals surface area contributed by atoms with Crippen LogP contribution in [0.15, 0.2) is 35.2 Å².